The number of amides is 2. The number of fused-ring (bicyclic) bond motifs is 1. The molecule has 0 unspecified atom stereocenters. The zero-order chi connectivity index (χ0) is 23.5. The fraction of sp³-hybridized carbons (Fsp3) is 0.138. The van der Waals surface area contributed by atoms with Gasteiger partial charge in [0.05, 0.1) is 10.6 Å². The van der Waals surface area contributed by atoms with Crippen molar-refractivity contribution < 1.29 is 4.79 Å². The van der Waals surface area contributed by atoms with Gasteiger partial charge in [-0.25, -0.2) is 4.79 Å². The summed E-state index contributed by atoms with van der Waals surface area (Å²) >= 11 is 1.72. The van der Waals surface area contributed by atoms with Crippen LogP contribution < -0.4 is 10.6 Å². The van der Waals surface area contributed by atoms with Crippen LogP contribution >= 0.6 is 11.3 Å². The fourth-order valence-electron chi connectivity index (χ4n) is 4.40. The molecule has 0 aliphatic rings. The molecule has 0 spiro atoms. The molecular weight excluding hydrogens is 438 g/mol. The van der Waals surface area contributed by atoms with E-state index in [1.54, 1.807) is 11.3 Å². The van der Waals surface area contributed by atoms with Crippen LogP contribution in [0.15, 0.2) is 90.3 Å². The Balaban J connectivity index is 1.51. The third kappa shape index (κ3) is 4.35. The van der Waals surface area contributed by atoms with Crippen molar-refractivity contribution in [2.75, 3.05) is 5.32 Å². The Morgan fingerprint density at radius 1 is 0.882 bits per heavy atom. The van der Waals surface area contributed by atoms with Crippen LogP contribution in [-0.2, 0) is 13.1 Å². The number of aromatic nitrogens is 1. The van der Waals surface area contributed by atoms with Gasteiger partial charge in [0.1, 0.15) is 0 Å². The molecule has 0 fully saturated rings. The number of para-hydroxylation sites is 1. The van der Waals surface area contributed by atoms with Crippen LogP contribution in [0, 0.1) is 13.8 Å². The van der Waals surface area contributed by atoms with Gasteiger partial charge < -0.3 is 15.2 Å². The van der Waals surface area contributed by atoms with Crippen LogP contribution in [0.4, 0.5) is 10.5 Å². The van der Waals surface area contributed by atoms with Crippen molar-refractivity contribution in [2.24, 2.45) is 0 Å². The van der Waals surface area contributed by atoms with Gasteiger partial charge in [-0.05, 0) is 54.1 Å². The molecule has 170 valence electrons. The molecule has 4 nitrogen and oxygen atoms in total. The van der Waals surface area contributed by atoms with Gasteiger partial charge in [-0.1, -0.05) is 66.7 Å². The molecule has 2 N–H and O–H groups in total. The molecular formula is C29H27N3OS. The van der Waals surface area contributed by atoms with Crippen molar-refractivity contribution in [1.29, 1.82) is 0 Å². The van der Waals surface area contributed by atoms with Crippen molar-refractivity contribution >= 4 is 34.0 Å². The minimum Gasteiger partial charge on any atom is -0.335 e. The van der Waals surface area contributed by atoms with E-state index < -0.39 is 0 Å². The second-order valence-corrected chi connectivity index (χ2v) is 9.40. The number of nitrogens with one attached hydrogen (secondary N) is 2. The number of benzene rings is 3. The number of hydrogen-bond acceptors (Lipinski definition) is 2. The molecule has 2 aromatic heterocycles. The van der Waals surface area contributed by atoms with Gasteiger partial charge in [-0.3, -0.25) is 0 Å². The van der Waals surface area contributed by atoms with Crippen molar-refractivity contribution in [1.82, 2.24) is 9.88 Å². The third-order valence-electron chi connectivity index (χ3n) is 6.29. The molecule has 0 saturated carbocycles. The lowest BCUT2D eigenvalue weighted by Gasteiger charge is -2.13. The normalized spacial score (nSPS) is 11.0. The van der Waals surface area contributed by atoms with Gasteiger partial charge in [-0.2, -0.15) is 0 Å². The Kier molecular flexibility index (Phi) is 6.19. The first-order chi connectivity index (χ1) is 16.6. The molecule has 0 aliphatic carbocycles. The molecule has 0 atom stereocenters. The number of hydrogen-bond donors (Lipinski definition) is 2. The van der Waals surface area contributed by atoms with Crippen LogP contribution in [0.25, 0.3) is 21.5 Å². The molecule has 34 heavy (non-hydrogen) atoms. The monoisotopic (exact) mass is 465 g/mol. The second kappa shape index (κ2) is 9.57. The molecule has 3 aromatic carbocycles. The van der Waals surface area contributed by atoms with E-state index >= 15 is 0 Å². The van der Waals surface area contributed by atoms with Gasteiger partial charge in [0, 0.05) is 35.2 Å². The molecule has 0 radical (unpaired) electrons. The Hall–Kier alpha value is -3.83. The topological polar surface area (TPSA) is 46.1 Å². The lowest BCUT2D eigenvalue weighted by Crippen LogP contribution is -2.28. The second-order valence-electron chi connectivity index (χ2n) is 8.45. The summed E-state index contributed by atoms with van der Waals surface area (Å²) in [5.41, 5.74) is 7.77. The maximum absolute atomic E-state index is 12.9. The number of nitrogens with zero attached hydrogens (tertiary/aromatic N) is 1. The van der Waals surface area contributed by atoms with Crippen molar-refractivity contribution in [2.45, 2.75) is 26.9 Å². The Morgan fingerprint density at radius 3 is 2.47 bits per heavy atom. The van der Waals surface area contributed by atoms with E-state index in [-0.39, 0.29) is 6.03 Å². The van der Waals surface area contributed by atoms with Gasteiger partial charge in [0.2, 0.25) is 0 Å². The molecule has 5 heteroatoms. The summed E-state index contributed by atoms with van der Waals surface area (Å²) < 4.78 is 2.37. The first-order valence-electron chi connectivity index (χ1n) is 11.4. The number of rotatable bonds is 6. The standard InChI is InChI=1S/C29H27N3OS/c1-20-10-8-14-25(21(20)2)31-29(33)30-18-24-23-13-6-7-15-26(23)32(19-22-11-4-3-5-12-22)28(24)27-16-9-17-34-27/h3-17H,18-19H2,1-2H3,(H2,30,31,33). The minimum absolute atomic E-state index is 0.203. The Morgan fingerprint density at radius 2 is 1.68 bits per heavy atom. The van der Waals surface area contributed by atoms with Crippen LogP contribution in [0.5, 0.6) is 0 Å². The highest BCUT2D eigenvalue weighted by Crippen LogP contribution is 2.36. The SMILES string of the molecule is Cc1cccc(NC(=O)NCc2c(-c3cccs3)n(Cc3ccccc3)c3ccccc23)c1C. The van der Waals surface area contributed by atoms with Gasteiger partial charge in [-0.15, -0.1) is 11.3 Å². The molecule has 0 bridgehead atoms. The average molecular weight is 466 g/mol. The van der Waals surface area contributed by atoms with E-state index in [0.717, 1.165) is 40.0 Å². The van der Waals surface area contributed by atoms with Crippen molar-refractivity contribution in [3.8, 4) is 10.6 Å². The number of anilines is 1. The maximum atomic E-state index is 12.9. The van der Waals surface area contributed by atoms with Crippen LogP contribution in [0.3, 0.4) is 0 Å². The summed E-state index contributed by atoms with van der Waals surface area (Å²) in [5.74, 6) is 0. The largest absolute Gasteiger partial charge is 0.335 e. The predicted molar refractivity (Wildman–Crippen MR) is 143 cm³/mol. The molecule has 2 amide bonds. The van der Waals surface area contributed by atoms with Crippen molar-refractivity contribution in [3.05, 3.63) is 113 Å². The minimum atomic E-state index is -0.203. The lowest BCUT2D eigenvalue weighted by molar-refractivity contribution is 0.252. The Labute approximate surface area is 203 Å². The highest BCUT2D eigenvalue weighted by Gasteiger charge is 2.20. The summed E-state index contributed by atoms with van der Waals surface area (Å²) in [7, 11) is 0. The summed E-state index contributed by atoms with van der Waals surface area (Å²) in [4.78, 5) is 14.0. The van der Waals surface area contributed by atoms with E-state index in [2.05, 4.69) is 81.2 Å². The zero-order valence-electron chi connectivity index (χ0n) is 19.3. The summed E-state index contributed by atoms with van der Waals surface area (Å²) in [6.45, 7) is 5.28. The van der Waals surface area contributed by atoms with Crippen molar-refractivity contribution in [3.63, 3.8) is 0 Å². The molecule has 2 heterocycles. The first kappa shape index (κ1) is 22.0. The number of carbonyl (C=O) groups excluding carboxylic acids is 1. The molecule has 0 saturated heterocycles. The zero-order valence-corrected chi connectivity index (χ0v) is 20.2. The number of aryl methyl sites for hydroxylation is 1. The predicted octanol–water partition coefficient (Wildman–Crippen LogP) is 7.36. The highest BCUT2D eigenvalue weighted by atomic mass is 32.1. The lowest BCUT2D eigenvalue weighted by atomic mass is 10.1. The molecule has 5 aromatic rings. The molecule has 0 aliphatic heterocycles. The van der Waals surface area contributed by atoms with E-state index in [1.165, 1.54) is 16.0 Å². The number of thiophene rings is 1. The maximum Gasteiger partial charge on any atom is 0.319 e. The average Bonchev–Trinajstić information content (AvgIpc) is 3.48. The van der Waals surface area contributed by atoms with E-state index in [1.807, 2.05) is 38.1 Å². The summed E-state index contributed by atoms with van der Waals surface area (Å²) in [5, 5.41) is 9.39. The summed E-state index contributed by atoms with van der Waals surface area (Å²) in [6.07, 6.45) is 0. The first-order valence-corrected chi connectivity index (χ1v) is 12.3. The van der Waals surface area contributed by atoms with Gasteiger partial charge in [0.25, 0.3) is 0 Å². The fourth-order valence-corrected chi connectivity index (χ4v) is 5.21. The third-order valence-corrected chi connectivity index (χ3v) is 7.17. The van der Waals surface area contributed by atoms with Crippen LogP contribution in [0.2, 0.25) is 0 Å². The van der Waals surface area contributed by atoms with Gasteiger partial charge in [0.15, 0.2) is 0 Å². The van der Waals surface area contributed by atoms with Crippen LogP contribution in [-0.4, -0.2) is 10.6 Å². The van der Waals surface area contributed by atoms with E-state index in [9.17, 15) is 4.79 Å². The molecule has 5 rings (SSSR count). The quantitative estimate of drug-likeness (QED) is 0.270. The van der Waals surface area contributed by atoms with Gasteiger partial charge >= 0.3 is 6.03 Å². The van der Waals surface area contributed by atoms with Crippen LogP contribution in [0.1, 0.15) is 22.3 Å². The summed E-state index contributed by atoms with van der Waals surface area (Å²) in [6, 6.07) is 28.9. The highest BCUT2D eigenvalue weighted by molar-refractivity contribution is 7.13. The Bertz CT molecular complexity index is 1440. The number of urea groups is 1. The van der Waals surface area contributed by atoms with E-state index in [4.69, 9.17) is 0 Å². The van der Waals surface area contributed by atoms with E-state index in [0.29, 0.717) is 6.54 Å². The number of carbonyl (C=O) groups is 1. The smallest absolute Gasteiger partial charge is 0.319 e.